The number of allylic oxidation sites excluding steroid dienone is 2. The lowest BCUT2D eigenvalue weighted by Crippen LogP contribution is -2.34. The van der Waals surface area contributed by atoms with Crippen LogP contribution in [0.1, 0.15) is 35.2 Å². The largest absolute Gasteiger partial charge is 0.512 e. The normalized spacial score (nSPS) is 17.9. The van der Waals surface area contributed by atoms with E-state index in [2.05, 4.69) is 10.1 Å². The standard InChI is InChI=1S/C27H22FN3O2/c28-23-12-3-1-10-21(23)18-7-5-8-19(15-18)27(33)31-25(22-11-2-4-13-26(22)32)16-24(30-31)20-9-6-14-29-17-20/h1-3,5-12,14-15,17,25,32H,4,13,16H2. The number of pyridine rings is 1. The van der Waals surface area contributed by atoms with Crippen molar-refractivity contribution in [3.63, 3.8) is 0 Å². The van der Waals surface area contributed by atoms with Crippen molar-refractivity contribution >= 4 is 11.6 Å². The number of carbonyl (C=O) groups excluding carboxylic acids is 1. The number of hydrogen-bond donors (Lipinski definition) is 1. The van der Waals surface area contributed by atoms with Gasteiger partial charge in [-0.1, -0.05) is 48.6 Å². The van der Waals surface area contributed by atoms with Crippen molar-refractivity contribution in [3.8, 4) is 11.1 Å². The lowest BCUT2D eigenvalue weighted by Gasteiger charge is -2.25. The summed E-state index contributed by atoms with van der Waals surface area (Å²) >= 11 is 0. The van der Waals surface area contributed by atoms with E-state index in [1.165, 1.54) is 11.1 Å². The van der Waals surface area contributed by atoms with Gasteiger partial charge < -0.3 is 5.11 Å². The van der Waals surface area contributed by atoms with Crippen molar-refractivity contribution in [1.82, 2.24) is 9.99 Å². The van der Waals surface area contributed by atoms with Crippen molar-refractivity contribution in [3.05, 3.63) is 113 Å². The van der Waals surface area contributed by atoms with Crippen molar-refractivity contribution in [2.24, 2.45) is 5.10 Å². The molecule has 1 amide bonds. The number of aliphatic hydroxyl groups excluding tert-OH is 1. The van der Waals surface area contributed by atoms with E-state index in [1.54, 1.807) is 54.9 Å². The molecule has 1 atom stereocenters. The minimum Gasteiger partial charge on any atom is -0.512 e. The highest BCUT2D eigenvalue weighted by Crippen LogP contribution is 2.32. The third-order valence-corrected chi connectivity index (χ3v) is 5.95. The summed E-state index contributed by atoms with van der Waals surface area (Å²) < 4.78 is 14.3. The Bertz CT molecular complexity index is 1300. The predicted octanol–water partition coefficient (Wildman–Crippen LogP) is 5.67. The Hall–Kier alpha value is -4.06. The fraction of sp³-hybridized carbons (Fsp3) is 0.148. The first-order chi connectivity index (χ1) is 16.1. The maximum Gasteiger partial charge on any atom is 0.274 e. The molecular formula is C27H22FN3O2. The summed E-state index contributed by atoms with van der Waals surface area (Å²) in [6, 6.07) is 16.7. The molecule has 1 aliphatic heterocycles. The predicted molar refractivity (Wildman–Crippen MR) is 125 cm³/mol. The van der Waals surface area contributed by atoms with Crippen molar-refractivity contribution < 1.29 is 14.3 Å². The number of nitrogens with zero attached hydrogens (tertiary/aromatic N) is 3. The Morgan fingerprint density at radius 1 is 1.06 bits per heavy atom. The molecule has 1 aromatic heterocycles. The number of carbonyl (C=O) groups is 1. The van der Waals surface area contributed by atoms with Crippen LogP contribution in [0.15, 0.2) is 102 Å². The van der Waals surface area contributed by atoms with Crippen LogP contribution in [0.2, 0.25) is 0 Å². The number of rotatable bonds is 4. The van der Waals surface area contributed by atoms with Gasteiger partial charge in [-0.05, 0) is 36.2 Å². The Balaban J connectivity index is 1.54. The van der Waals surface area contributed by atoms with Crippen LogP contribution in [0.5, 0.6) is 0 Å². The minimum absolute atomic E-state index is 0.281. The van der Waals surface area contributed by atoms with Crippen molar-refractivity contribution in [1.29, 1.82) is 0 Å². The second-order valence-corrected chi connectivity index (χ2v) is 8.06. The van der Waals surface area contributed by atoms with Crippen LogP contribution < -0.4 is 0 Å². The van der Waals surface area contributed by atoms with Gasteiger partial charge in [-0.25, -0.2) is 9.40 Å². The quantitative estimate of drug-likeness (QED) is 0.570. The van der Waals surface area contributed by atoms with Gasteiger partial charge in [0.25, 0.3) is 5.91 Å². The first-order valence-electron chi connectivity index (χ1n) is 10.9. The SMILES string of the molecule is O=C(c1cccc(-c2ccccc2F)c1)N1N=C(c2cccnc2)CC1C1=C(O)CCC=C1. The van der Waals surface area contributed by atoms with Gasteiger partial charge in [0.05, 0.1) is 17.5 Å². The molecule has 1 N–H and O–H groups in total. The molecule has 2 heterocycles. The molecule has 6 heteroatoms. The molecule has 2 aliphatic rings. The van der Waals surface area contributed by atoms with E-state index >= 15 is 0 Å². The average Bonchev–Trinajstić information content (AvgIpc) is 3.30. The molecule has 2 aromatic carbocycles. The van der Waals surface area contributed by atoms with Crippen LogP contribution in [-0.4, -0.2) is 32.8 Å². The molecule has 0 spiro atoms. The molecule has 164 valence electrons. The Kier molecular flexibility index (Phi) is 5.57. The maximum atomic E-state index is 14.3. The maximum absolute atomic E-state index is 14.3. The first kappa shape index (κ1) is 20.8. The van der Waals surface area contributed by atoms with Crippen LogP contribution in [0.4, 0.5) is 4.39 Å². The fourth-order valence-corrected chi connectivity index (χ4v) is 4.27. The van der Waals surface area contributed by atoms with E-state index in [-0.39, 0.29) is 17.5 Å². The van der Waals surface area contributed by atoms with E-state index in [0.717, 1.165) is 17.7 Å². The average molecular weight is 439 g/mol. The van der Waals surface area contributed by atoms with Gasteiger partial charge in [0.15, 0.2) is 0 Å². The molecule has 5 nitrogen and oxygen atoms in total. The van der Waals surface area contributed by atoms with Gasteiger partial charge in [-0.3, -0.25) is 9.78 Å². The molecular weight excluding hydrogens is 417 g/mol. The van der Waals surface area contributed by atoms with Gasteiger partial charge in [-0.2, -0.15) is 5.10 Å². The summed E-state index contributed by atoms with van der Waals surface area (Å²) in [5, 5.41) is 16.7. The number of aliphatic hydroxyl groups is 1. The second-order valence-electron chi connectivity index (χ2n) is 8.06. The third kappa shape index (κ3) is 4.07. The topological polar surface area (TPSA) is 65.8 Å². The molecule has 0 bridgehead atoms. The highest BCUT2D eigenvalue weighted by atomic mass is 19.1. The van der Waals surface area contributed by atoms with Crippen LogP contribution in [0, 0.1) is 5.82 Å². The summed E-state index contributed by atoms with van der Waals surface area (Å²) in [6.45, 7) is 0. The summed E-state index contributed by atoms with van der Waals surface area (Å²) in [4.78, 5) is 17.8. The highest BCUT2D eigenvalue weighted by molar-refractivity contribution is 6.05. The molecule has 0 fully saturated rings. The summed E-state index contributed by atoms with van der Waals surface area (Å²) in [7, 11) is 0. The zero-order valence-electron chi connectivity index (χ0n) is 17.9. The second kappa shape index (κ2) is 8.82. The molecule has 5 rings (SSSR count). The molecule has 3 aromatic rings. The van der Waals surface area contributed by atoms with Crippen molar-refractivity contribution in [2.45, 2.75) is 25.3 Å². The van der Waals surface area contributed by atoms with Crippen LogP contribution in [0.3, 0.4) is 0 Å². The Morgan fingerprint density at radius 3 is 2.70 bits per heavy atom. The summed E-state index contributed by atoms with van der Waals surface area (Å²) in [6.07, 6.45) is 9.04. The van der Waals surface area contributed by atoms with E-state index in [1.807, 2.05) is 24.3 Å². The first-order valence-corrected chi connectivity index (χ1v) is 10.9. The van der Waals surface area contributed by atoms with E-state index < -0.39 is 6.04 Å². The zero-order chi connectivity index (χ0) is 22.8. The molecule has 33 heavy (non-hydrogen) atoms. The monoisotopic (exact) mass is 439 g/mol. The molecule has 0 saturated heterocycles. The Morgan fingerprint density at radius 2 is 1.91 bits per heavy atom. The van der Waals surface area contributed by atoms with E-state index in [0.29, 0.717) is 35.1 Å². The molecule has 0 radical (unpaired) electrons. The number of amides is 1. The summed E-state index contributed by atoms with van der Waals surface area (Å²) in [5.41, 5.74) is 3.70. The van der Waals surface area contributed by atoms with Gasteiger partial charge >= 0.3 is 0 Å². The number of benzene rings is 2. The van der Waals surface area contributed by atoms with Crippen molar-refractivity contribution in [2.75, 3.05) is 0 Å². The van der Waals surface area contributed by atoms with Gasteiger partial charge in [0.1, 0.15) is 5.82 Å². The molecule has 0 saturated carbocycles. The van der Waals surface area contributed by atoms with Gasteiger partial charge in [-0.15, -0.1) is 0 Å². The van der Waals surface area contributed by atoms with E-state index in [4.69, 9.17) is 0 Å². The minimum atomic E-state index is -0.429. The number of hydrogen-bond acceptors (Lipinski definition) is 4. The molecule has 1 aliphatic carbocycles. The zero-order valence-corrected chi connectivity index (χ0v) is 17.9. The van der Waals surface area contributed by atoms with Crippen LogP contribution in [0.25, 0.3) is 11.1 Å². The Labute approximate surface area is 191 Å². The van der Waals surface area contributed by atoms with Gasteiger partial charge in [0, 0.05) is 47.5 Å². The lowest BCUT2D eigenvalue weighted by atomic mass is 9.93. The van der Waals surface area contributed by atoms with Crippen LogP contribution in [-0.2, 0) is 0 Å². The number of hydrazone groups is 1. The van der Waals surface area contributed by atoms with Gasteiger partial charge in [0.2, 0.25) is 0 Å². The lowest BCUT2D eigenvalue weighted by molar-refractivity contribution is 0.0734. The third-order valence-electron chi connectivity index (χ3n) is 5.95. The fourth-order valence-electron chi connectivity index (χ4n) is 4.27. The number of aromatic nitrogens is 1. The van der Waals surface area contributed by atoms with E-state index in [9.17, 15) is 14.3 Å². The van der Waals surface area contributed by atoms with Crippen LogP contribution >= 0.6 is 0 Å². The summed E-state index contributed by atoms with van der Waals surface area (Å²) in [5.74, 6) is -0.375. The highest BCUT2D eigenvalue weighted by Gasteiger charge is 2.36. The molecule has 1 unspecified atom stereocenters. The smallest absolute Gasteiger partial charge is 0.274 e. The number of halogens is 1.